The maximum Gasteiger partial charge on any atom is 0.150 e. The molecule has 0 amide bonds. The van der Waals surface area contributed by atoms with Crippen LogP contribution in [0, 0.1) is 5.92 Å². The minimum atomic E-state index is -2.87. The molecule has 0 aromatic heterocycles. The first-order valence-electron chi connectivity index (χ1n) is 7.08. The van der Waals surface area contributed by atoms with Crippen molar-refractivity contribution in [3.63, 3.8) is 0 Å². The predicted molar refractivity (Wildman–Crippen MR) is 87.0 cm³/mol. The van der Waals surface area contributed by atoms with Crippen molar-refractivity contribution in [2.75, 3.05) is 30.6 Å². The number of nitrogens with one attached hydrogen (secondary N) is 1. The van der Waals surface area contributed by atoms with E-state index in [1.807, 2.05) is 18.8 Å². The summed E-state index contributed by atoms with van der Waals surface area (Å²) >= 11 is 4.10. The standard InChI is InChI=1S/C13H25NO2S3/c1-14-13(12-9-17-6-7-18-12)10-4-3-5-11(8-10)19(2,15)16/h10-14H,3-9H2,1-2H3. The molecule has 2 rings (SSSR count). The molecule has 0 aromatic rings. The Morgan fingerprint density at radius 1 is 1.26 bits per heavy atom. The van der Waals surface area contributed by atoms with Crippen molar-refractivity contribution in [2.45, 2.75) is 42.2 Å². The van der Waals surface area contributed by atoms with Gasteiger partial charge in [0.25, 0.3) is 0 Å². The van der Waals surface area contributed by atoms with E-state index in [9.17, 15) is 8.42 Å². The van der Waals surface area contributed by atoms with E-state index < -0.39 is 9.84 Å². The van der Waals surface area contributed by atoms with E-state index in [0.717, 1.165) is 19.3 Å². The van der Waals surface area contributed by atoms with Gasteiger partial charge in [0.1, 0.15) is 9.84 Å². The van der Waals surface area contributed by atoms with Gasteiger partial charge in [-0.1, -0.05) is 6.42 Å². The zero-order chi connectivity index (χ0) is 13.9. The lowest BCUT2D eigenvalue weighted by molar-refractivity contribution is 0.279. The average molecular weight is 324 g/mol. The highest BCUT2D eigenvalue weighted by molar-refractivity contribution is 8.06. The van der Waals surface area contributed by atoms with Crippen LogP contribution in [0.25, 0.3) is 0 Å². The van der Waals surface area contributed by atoms with Crippen LogP contribution in [-0.4, -0.2) is 55.5 Å². The molecule has 0 spiro atoms. The zero-order valence-corrected chi connectivity index (χ0v) is 14.2. The molecule has 2 fully saturated rings. The topological polar surface area (TPSA) is 46.2 Å². The van der Waals surface area contributed by atoms with E-state index in [-0.39, 0.29) is 5.25 Å². The fourth-order valence-corrected chi connectivity index (χ4v) is 7.53. The van der Waals surface area contributed by atoms with Crippen molar-refractivity contribution >= 4 is 33.4 Å². The Morgan fingerprint density at radius 3 is 2.63 bits per heavy atom. The molecular formula is C13H25NO2S3. The van der Waals surface area contributed by atoms with E-state index in [1.54, 1.807) is 0 Å². The summed E-state index contributed by atoms with van der Waals surface area (Å²) in [6, 6.07) is 0.474. The van der Waals surface area contributed by atoms with Gasteiger partial charge in [0.05, 0.1) is 5.25 Å². The quantitative estimate of drug-likeness (QED) is 0.858. The molecule has 1 saturated heterocycles. The van der Waals surface area contributed by atoms with Crippen molar-refractivity contribution in [3.8, 4) is 0 Å². The molecule has 3 nitrogen and oxygen atoms in total. The Bertz CT molecular complexity index is 379. The molecule has 1 aliphatic heterocycles. The molecule has 0 radical (unpaired) electrons. The second-order valence-electron chi connectivity index (χ2n) is 5.68. The third-order valence-corrected chi connectivity index (χ3v) is 8.88. The minimum absolute atomic E-state index is 0.108. The van der Waals surface area contributed by atoms with Crippen LogP contribution in [0.2, 0.25) is 0 Å². The molecule has 6 heteroatoms. The Balaban J connectivity index is 2.01. The number of thioether (sulfide) groups is 2. The minimum Gasteiger partial charge on any atom is -0.316 e. The smallest absolute Gasteiger partial charge is 0.150 e. The highest BCUT2D eigenvalue weighted by atomic mass is 32.2. The van der Waals surface area contributed by atoms with Crippen LogP contribution in [0.1, 0.15) is 25.7 Å². The largest absolute Gasteiger partial charge is 0.316 e. The van der Waals surface area contributed by atoms with Gasteiger partial charge in [-0.15, -0.1) is 0 Å². The summed E-state index contributed by atoms with van der Waals surface area (Å²) in [4.78, 5) is 0. The first-order valence-corrected chi connectivity index (χ1v) is 11.2. The van der Waals surface area contributed by atoms with Crippen LogP contribution in [0.5, 0.6) is 0 Å². The van der Waals surface area contributed by atoms with Gasteiger partial charge < -0.3 is 5.32 Å². The SMILES string of the molecule is CNC(C1CCCC(S(C)(=O)=O)C1)C1CSCCS1. The third kappa shape index (κ3) is 4.29. The van der Waals surface area contributed by atoms with Gasteiger partial charge >= 0.3 is 0 Å². The van der Waals surface area contributed by atoms with Gasteiger partial charge in [0.2, 0.25) is 0 Å². The lowest BCUT2D eigenvalue weighted by Gasteiger charge is -2.38. The first-order chi connectivity index (χ1) is 9.02. The fourth-order valence-electron chi connectivity index (χ4n) is 3.33. The summed E-state index contributed by atoms with van der Waals surface area (Å²) in [6.07, 6.45) is 5.36. The van der Waals surface area contributed by atoms with Crippen LogP contribution in [-0.2, 0) is 9.84 Å². The third-order valence-electron chi connectivity index (χ3n) is 4.36. The first kappa shape index (κ1) is 16.0. The summed E-state index contributed by atoms with van der Waals surface area (Å²) < 4.78 is 23.6. The summed E-state index contributed by atoms with van der Waals surface area (Å²) in [7, 11) is -0.835. The Labute approximate surface area is 126 Å². The predicted octanol–water partition coefficient (Wildman–Crippen LogP) is 2.03. The maximum atomic E-state index is 11.8. The lowest BCUT2D eigenvalue weighted by Crippen LogP contribution is -2.47. The number of hydrogen-bond acceptors (Lipinski definition) is 5. The van der Waals surface area contributed by atoms with Crippen LogP contribution >= 0.6 is 23.5 Å². The van der Waals surface area contributed by atoms with Crippen LogP contribution < -0.4 is 5.32 Å². The molecular weight excluding hydrogens is 298 g/mol. The van der Waals surface area contributed by atoms with Crippen LogP contribution in [0.3, 0.4) is 0 Å². The summed E-state index contributed by atoms with van der Waals surface area (Å²) in [6.45, 7) is 0. The monoisotopic (exact) mass is 323 g/mol. The normalized spacial score (nSPS) is 34.9. The molecule has 4 atom stereocenters. The summed E-state index contributed by atoms with van der Waals surface area (Å²) in [5, 5.41) is 4.02. The van der Waals surface area contributed by atoms with E-state index in [1.165, 1.54) is 29.9 Å². The maximum absolute atomic E-state index is 11.8. The van der Waals surface area contributed by atoms with Crippen molar-refractivity contribution < 1.29 is 8.42 Å². The van der Waals surface area contributed by atoms with E-state index in [0.29, 0.717) is 17.2 Å². The Kier molecular flexibility index (Phi) is 5.93. The zero-order valence-electron chi connectivity index (χ0n) is 11.8. The molecule has 1 N–H and O–H groups in total. The van der Waals surface area contributed by atoms with Gasteiger partial charge in [-0.3, -0.25) is 0 Å². The summed E-state index contributed by atoms with van der Waals surface area (Å²) in [5.41, 5.74) is 0. The highest BCUT2D eigenvalue weighted by Crippen LogP contribution is 2.36. The van der Waals surface area contributed by atoms with Crippen molar-refractivity contribution in [3.05, 3.63) is 0 Å². The number of rotatable bonds is 4. The molecule has 2 aliphatic rings. The molecule has 0 aromatic carbocycles. The van der Waals surface area contributed by atoms with Gasteiger partial charge in [-0.2, -0.15) is 23.5 Å². The van der Waals surface area contributed by atoms with Gasteiger partial charge in [-0.05, 0) is 32.2 Å². The molecule has 19 heavy (non-hydrogen) atoms. The molecule has 0 bridgehead atoms. The highest BCUT2D eigenvalue weighted by Gasteiger charge is 2.36. The molecule has 1 heterocycles. The lowest BCUT2D eigenvalue weighted by atomic mass is 9.82. The average Bonchev–Trinajstić information content (AvgIpc) is 2.40. The Morgan fingerprint density at radius 2 is 2.05 bits per heavy atom. The van der Waals surface area contributed by atoms with Gasteiger partial charge in [0, 0.05) is 34.8 Å². The van der Waals surface area contributed by atoms with Crippen molar-refractivity contribution in [1.82, 2.24) is 5.32 Å². The summed E-state index contributed by atoms with van der Waals surface area (Å²) in [5.74, 6) is 4.22. The van der Waals surface area contributed by atoms with Crippen LogP contribution in [0.15, 0.2) is 0 Å². The van der Waals surface area contributed by atoms with Crippen molar-refractivity contribution in [2.24, 2.45) is 5.92 Å². The fraction of sp³-hybridized carbons (Fsp3) is 1.00. The van der Waals surface area contributed by atoms with E-state index in [4.69, 9.17) is 0 Å². The van der Waals surface area contributed by atoms with Gasteiger partial charge in [-0.25, -0.2) is 8.42 Å². The number of hydrogen-bond donors (Lipinski definition) is 1. The molecule has 1 aliphatic carbocycles. The van der Waals surface area contributed by atoms with E-state index in [2.05, 4.69) is 17.1 Å². The molecule has 1 saturated carbocycles. The van der Waals surface area contributed by atoms with Crippen molar-refractivity contribution in [1.29, 1.82) is 0 Å². The van der Waals surface area contributed by atoms with Crippen LogP contribution in [0.4, 0.5) is 0 Å². The molecule has 4 unspecified atom stereocenters. The Hall–Kier alpha value is 0.610. The second-order valence-corrected chi connectivity index (χ2v) is 10.5. The second kappa shape index (κ2) is 7.05. The van der Waals surface area contributed by atoms with Gasteiger partial charge in [0.15, 0.2) is 0 Å². The number of sulfone groups is 1. The van der Waals surface area contributed by atoms with E-state index >= 15 is 0 Å². The molecule has 112 valence electrons.